The maximum Gasteiger partial charge on any atom is 0.269 e. The molecule has 2 fully saturated rings. The van der Waals surface area contributed by atoms with Gasteiger partial charge in [-0.2, -0.15) is 0 Å². The van der Waals surface area contributed by atoms with Gasteiger partial charge in [-0.15, -0.1) is 0 Å². The topological polar surface area (TPSA) is 109 Å². The Morgan fingerprint density at radius 1 is 1.07 bits per heavy atom. The molecule has 2 saturated heterocycles. The lowest BCUT2D eigenvalue weighted by atomic mass is 9.50. The Kier molecular flexibility index (Phi) is 6.21. The molecular weight excluding hydrogens is 518 g/mol. The van der Waals surface area contributed by atoms with Gasteiger partial charge < -0.3 is 19.8 Å². The summed E-state index contributed by atoms with van der Waals surface area (Å²) in [6.45, 7) is 0.922. The zero-order valence-electron chi connectivity index (χ0n) is 22.8. The highest BCUT2D eigenvalue weighted by atomic mass is 16.6. The Balaban J connectivity index is 0.000000232. The maximum atomic E-state index is 11.3. The summed E-state index contributed by atoms with van der Waals surface area (Å²) in [7, 11) is 2.16. The predicted octanol–water partition coefficient (Wildman–Crippen LogP) is 4.38. The zero-order valence-corrected chi connectivity index (χ0v) is 22.8. The van der Waals surface area contributed by atoms with Gasteiger partial charge in [-0.3, -0.25) is 15.1 Å². The summed E-state index contributed by atoms with van der Waals surface area (Å²) in [6, 6.07) is 18.9. The minimum absolute atomic E-state index is 0.0420. The molecule has 0 saturated carbocycles. The number of non-ortho nitro benzene ring substituents is 1. The Morgan fingerprint density at radius 3 is 2.63 bits per heavy atom. The van der Waals surface area contributed by atoms with Crippen molar-refractivity contribution >= 4 is 16.6 Å². The zero-order chi connectivity index (χ0) is 28.4. The predicted molar refractivity (Wildman–Crippen MR) is 155 cm³/mol. The lowest BCUT2D eigenvalue weighted by Crippen LogP contribution is -2.62. The van der Waals surface area contributed by atoms with Gasteiger partial charge in [0.25, 0.3) is 5.69 Å². The Hall–Kier alpha value is -3.69. The van der Waals surface area contributed by atoms with Gasteiger partial charge in [-0.25, -0.2) is 0 Å². The molecule has 1 aromatic heterocycles. The van der Waals surface area contributed by atoms with Crippen LogP contribution >= 0.6 is 0 Å². The lowest BCUT2D eigenvalue weighted by Gasteiger charge is -2.58. The summed E-state index contributed by atoms with van der Waals surface area (Å²) < 4.78 is 6.74. The Labute approximate surface area is 238 Å². The van der Waals surface area contributed by atoms with Gasteiger partial charge in [-0.05, 0) is 55.3 Å². The molecule has 8 rings (SSSR count). The van der Waals surface area contributed by atoms with E-state index in [0.29, 0.717) is 12.5 Å². The molecule has 8 heteroatoms. The number of hydrogen-bond acceptors (Lipinski definition) is 7. The van der Waals surface area contributed by atoms with Crippen LogP contribution in [0.25, 0.3) is 10.9 Å². The standard InChI is InChI=1S/C24H26N2O5.C9H7N/c1-25-11-10-23-17-7-8-19(27)22(23)31-24(13-14-2-5-16(6-3-14)26(29)30)20(28)9-4-15(21(23)24)12-18(17)25;1-2-6-9-8(4-1)5-3-7-10-9/h2-9,17-20,22,27-28H,10-13H2,1H3;1-7H/t17-,18+,19-,20?,22-,23-,24?;/m0./s1. The number of pyridine rings is 1. The van der Waals surface area contributed by atoms with E-state index in [2.05, 4.69) is 41.2 Å². The molecular formula is C33H33N3O5. The number of ether oxygens (including phenoxy) is 1. The van der Waals surface area contributed by atoms with E-state index in [1.165, 1.54) is 23.1 Å². The van der Waals surface area contributed by atoms with Gasteiger partial charge in [0, 0.05) is 47.5 Å². The van der Waals surface area contributed by atoms with Gasteiger partial charge >= 0.3 is 0 Å². The van der Waals surface area contributed by atoms with Gasteiger partial charge in [0.05, 0.1) is 22.6 Å². The van der Waals surface area contributed by atoms with Crippen molar-refractivity contribution in [2.24, 2.45) is 11.3 Å². The quantitative estimate of drug-likeness (QED) is 0.283. The normalized spacial score (nSPS) is 34.7. The fourth-order valence-corrected chi connectivity index (χ4v) is 8.07. The highest BCUT2D eigenvalue weighted by Gasteiger charge is 2.71. The molecule has 0 radical (unpaired) electrons. The van der Waals surface area contributed by atoms with E-state index < -0.39 is 28.8 Å². The fourth-order valence-electron chi connectivity index (χ4n) is 8.07. The molecule has 2 aliphatic heterocycles. The number of aromatic nitrogens is 1. The van der Waals surface area contributed by atoms with E-state index in [1.807, 2.05) is 42.6 Å². The molecule has 2 aromatic carbocycles. The van der Waals surface area contributed by atoms with Crippen LogP contribution in [-0.2, 0) is 11.2 Å². The fraction of sp³-hybridized carbons (Fsp3) is 0.364. The molecule has 5 aliphatic rings. The van der Waals surface area contributed by atoms with Crippen molar-refractivity contribution in [1.29, 1.82) is 0 Å². The highest BCUT2D eigenvalue weighted by Crippen LogP contribution is 2.67. The van der Waals surface area contributed by atoms with Crippen LogP contribution in [0.15, 0.2) is 102 Å². The summed E-state index contributed by atoms with van der Waals surface area (Å²) in [5.74, 6) is 0.232. The van der Waals surface area contributed by atoms with Crippen LogP contribution in [-0.4, -0.2) is 68.6 Å². The third kappa shape index (κ3) is 3.93. The minimum atomic E-state index is -0.961. The van der Waals surface area contributed by atoms with E-state index in [4.69, 9.17) is 4.74 Å². The lowest BCUT2D eigenvalue weighted by molar-refractivity contribution is -0.384. The molecule has 1 spiro atoms. The van der Waals surface area contributed by atoms with Crippen LogP contribution in [0.3, 0.4) is 0 Å². The van der Waals surface area contributed by atoms with Gasteiger partial charge in [0.1, 0.15) is 11.7 Å². The molecule has 8 nitrogen and oxygen atoms in total. The summed E-state index contributed by atoms with van der Waals surface area (Å²) in [5.41, 5.74) is 3.05. The van der Waals surface area contributed by atoms with Crippen molar-refractivity contribution in [1.82, 2.24) is 9.88 Å². The van der Waals surface area contributed by atoms with Crippen LogP contribution in [0.2, 0.25) is 0 Å². The first-order valence-electron chi connectivity index (χ1n) is 14.2. The average Bonchev–Trinajstić information content (AvgIpc) is 3.30. The van der Waals surface area contributed by atoms with Crippen LogP contribution in [0, 0.1) is 21.4 Å². The first-order valence-corrected chi connectivity index (χ1v) is 14.2. The van der Waals surface area contributed by atoms with E-state index in [-0.39, 0.29) is 17.0 Å². The molecule has 41 heavy (non-hydrogen) atoms. The molecule has 7 atom stereocenters. The molecule has 3 aromatic rings. The molecule has 0 amide bonds. The third-order valence-electron chi connectivity index (χ3n) is 9.85. The van der Waals surface area contributed by atoms with Crippen molar-refractivity contribution in [2.45, 2.75) is 49.2 Å². The average molecular weight is 552 g/mol. The van der Waals surface area contributed by atoms with Crippen molar-refractivity contribution in [2.75, 3.05) is 13.6 Å². The highest BCUT2D eigenvalue weighted by molar-refractivity contribution is 5.77. The number of benzene rings is 2. The van der Waals surface area contributed by atoms with Gasteiger partial charge in [0.2, 0.25) is 0 Å². The van der Waals surface area contributed by atoms with Crippen LogP contribution in [0.4, 0.5) is 5.69 Å². The first-order chi connectivity index (χ1) is 19.8. The van der Waals surface area contributed by atoms with Crippen molar-refractivity contribution in [3.05, 3.63) is 118 Å². The van der Waals surface area contributed by atoms with Crippen LogP contribution in [0.1, 0.15) is 18.4 Å². The summed E-state index contributed by atoms with van der Waals surface area (Å²) in [6.07, 6.45) is 9.90. The second-order valence-corrected chi connectivity index (χ2v) is 11.9. The molecule has 2 unspecified atom stereocenters. The molecule has 210 valence electrons. The van der Waals surface area contributed by atoms with E-state index in [9.17, 15) is 20.3 Å². The van der Waals surface area contributed by atoms with Crippen molar-refractivity contribution < 1.29 is 19.9 Å². The number of hydrogen-bond donors (Lipinski definition) is 2. The second-order valence-electron chi connectivity index (χ2n) is 11.9. The molecule has 3 heterocycles. The first kappa shape index (κ1) is 26.2. The SMILES string of the molecule is CN1CC[C@]23C4=C5C=CC(O)C4(Cc4ccc([N+](=O)[O-])cc4)O[C@H]2[C@@H](O)C=C[C@H]3[C@H]1C5.c1ccc2ncccc2c1. The second kappa shape index (κ2) is 9.70. The number of piperidine rings is 1. The molecule has 3 aliphatic carbocycles. The Bertz CT molecular complexity index is 1530. The number of allylic oxidation sites excluding steroid dienone is 1. The largest absolute Gasteiger partial charge is 0.386 e. The monoisotopic (exact) mass is 551 g/mol. The summed E-state index contributed by atoms with van der Waals surface area (Å²) >= 11 is 0. The number of rotatable bonds is 3. The number of aliphatic hydroxyl groups excluding tert-OH is 2. The molecule has 2 N–H and O–H groups in total. The van der Waals surface area contributed by atoms with E-state index >= 15 is 0 Å². The van der Waals surface area contributed by atoms with Gasteiger partial charge in [0.15, 0.2) is 0 Å². The van der Waals surface area contributed by atoms with Gasteiger partial charge in [-0.1, -0.05) is 60.7 Å². The van der Waals surface area contributed by atoms with E-state index in [1.54, 1.807) is 12.1 Å². The summed E-state index contributed by atoms with van der Waals surface area (Å²) in [5, 5.41) is 34.5. The number of fused-ring (bicyclic) bond motifs is 1. The number of para-hydroxylation sites is 1. The summed E-state index contributed by atoms with van der Waals surface area (Å²) in [4.78, 5) is 17.2. The van der Waals surface area contributed by atoms with Crippen molar-refractivity contribution in [3.8, 4) is 0 Å². The van der Waals surface area contributed by atoms with E-state index in [0.717, 1.165) is 36.0 Å². The minimum Gasteiger partial charge on any atom is -0.386 e. The van der Waals surface area contributed by atoms with Crippen LogP contribution < -0.4 is 0 Å². The third-order valence-corrected chi connectivity index (χ3v) is 9.85. The number of nitro benzene ring substituents is 1. The maximum absolute atomic E-state index is 11.3. The Morgan fingerprint density at radius 2 is 1.85 bits per heavy atom. The number of nitrogens with zero attached hydrogens (tertiary/aromatic N) is 3. The number of likely N-dealkylation sites (tertiary alicyclic amines) is 1. The number of nitro groups is 1. The van der Waals surface area contributed by atoms with Crippen molar-refractivity contribution in [3.63, 3.8) is 0 Å². The van der Waals surface area contributed by atoms with Crippen LogP contribution in [0.5, 0.6) is 0 Å². The number of aliphatic hydroxyl groups is 2. The molecule has 2 bridgehead atoms. The smallest absolute Gasteiger partial charge is 0.269 e.